The van der Waals surface area contributed by atoms with Gasteiger partial charge in [-0.05, 0) is 30.8 Å². The van der Waals surface area contributed by atoms with Gasteiger partial charge in [0.05, 0.1) is 6.10 Å². The number of aliphatic hydroxyl groups is 1. The molecule has 1 atom stereocenters. The Hall–Kier alpha value is -0.300. The minimum absolute atomic E-state index is 0.123. The molecule has 1 nitrogen and oxygen atoms in total. The highest BCUT2D eigenvalue weighted by Gasteiger charge is 2.17. The van der Waals surface area contributed by atoms with E-state index in [0.717, 1.165) is 12.8 Å². The van der Waals surface area contributed by atoms with E-state index in [1.807, 2.05) is 0 Å². The Kier molecular flexibility index (Phi) is 2.50. The molecule has 0 spiro atoms. The molecule has 1 rings (SSSR count). The van der Waals surface area contributed by atoms with Crippen molar-refractivity contribution >= 4 is 0 Å². The van der Waals surface area contributed by atoms with Crippen LogP contribution in [0.1, 0.15) is 33.1 Å². The van der Waals surface area contributed by atoms with Gasteiger partial charge in [0.25, 0.3) is 0 Å². The summed E-state index contributed by atoms with van der Waals surface area (Å²) in [7, 11) is 0. The van der Waals surface area contributed by atoms with Crippen molar-refractivity contribution in [2.75, 3.05) is 0 Å². The molecule has 1 heteroatoms. The zero-order valence-corrected chi connectivity index (χ0v) is 6.80. The summed E-state index contributed by atoms with van der Waals surface area (Å²) in [6.07, 6.45) is 5.32. The first-order chi connectivity index (χ1) is 4.70. The lowest BCUT2D eigenvalue weighted by molar-refractivity contribution is 0.217. The van der Waals surface area contributed by atoms with Gasteiger partial charge in [0.2, 0.25) is 0 Å². The zero-order valence-electron chi connectivity index (χ0n) is 6.80. The lowest BCUT2D eigenvalue weighted by Crippen LogP contribution is -2.02. The molecule has 1 unspecified atom stereocenters. The molecule has 0 radical (unpaired) electrons. The van der Waals surface area contributed by atoms with Crippen molar-refractivity contribution in [3.63, 3.8) is 0 Å². The van der Waals surface area contributed by atoms with E-state index in [0.29, 0.717) is 5.92 Å². The monoisotopic (exact) mass is 140 g/mol. The SMILES string of the molecule is CC(C)/C=C1/CCCC1O. The molecule has 0 aromatic heterocycles. The Morgan fingerprint density at radius 1 is 1.60 bits per heavy atom. The van der Waals surface area contributed by atoms with Crippen molar-refractivity contribution < 1.29 is 5.11 Å². The van der Waals surface area contributed by atoms with Crippen LogP contribution in [0.2, 0.25) is 0 Å². The quantitative estimate of drug-likeness (QED) is 0.553. The van der Waals surface area contributed by atoms with Crippen molar-refractivity contribution in [2.24, 2.45) is 5.92 Å². The van der Waals surface area contributed by atoms with Crippen LogP contribution in [0.5, 0.6) is 0 Å². The van der Waals surface area contributed by atoms with Crippen LogP contribution >= 0.6 is 0 Å². The maximum atomic E-state index is 9.37. The largest absolute Gasteiger partial charge is 0.389 e. The molecule has 1 aliphatic carbocycles. The van der Waals surface area contributed by atoms with Crippen LogP contribution in [0.25, 0.3) is 0 Å². The van der Waals surface area contributed by atoms with E-state index in [-0.39, 0.29) is 6.10 Å². The fourth-order valence-corrected chi connectivity index (χ4v) is 1.47. The fraction of sp³-hybridized carbons (Fsp3) is 0.778. The maximum absolute atomic E-state index is 9.37. The Labute approximate surface area is 62.8 Å². The van der Waals surface area contributed by atoms with Gasteiger partial charge in [0.1, 0.15) is 0 Å². The Balaban J connectivity index is 2.54. The molecular weight excluding hydrogens is 124 g/mol. The number of aliphatic hydroxyl groups excluding tert-OH is 1. The molecule has 0 heterocycles. The second-order valence-electron chi connectivity index (χ2n) is 3.39. The first-order valence-corrected chi connectivity index (χ1v) is 4.09. The highest BCUT2D eigenvalue weighted by molar-refractivity contribution is 5.12. The molecule has 0 aromatic carbocycles. The molecule has 0 saturated heterocycles. The van der Waals surface area contributed by atoms with E-state index in [1.54, 1.807) is 0 Å². The van der Waals surface area contributed by atoms with E-state index >= 15 is 0 Å². The summed E-state index contributed by atoms with van der Waals surface area (Å²) in [5.41, 5.74) is 1.26. The highest BCUT2D eigenvalue weighted by atomic mass is 16.3. The van der Waals surface area contributed by atoms with Gasteiger partial charge in [0, 0.05) is 0 Å². The van der Waals surface area contributed by atoms with Gasteiger partial charge in [-0.2, -0.15) is 0 Å². The van der Waals surface area contributed by atoms with Gasteiger partial charge >= 0.3 is 0 Å². The van der Waals surface area contributed by atoms with E-state index in [9.17, 15) is 5.11 Å². The average molecular weight is 140 g/mol. The maximum Gasteiger partial charge on any atom is 0.0750 e. The zero-order chi connectivity index (χ0) is 7.56. The van der Waals surface area contributed by atoms with E-state index in [2.05, 4.69) is 19.9 Å². The summed E-state index contributed by atoms with van der Waals surface area (Å²) >= 11 is 0. The molecule has 1 N–H and O–H groups in total. The van der Waals surface area contributed by atoms with Crippen molar-refractivity contribution in [3.05, 3.63) is 11.6 Å². The van der Waals surface area contributed by atoms with E-state index < -0.39 is 0 Å². The second-order valence-corrected chi connectivity index (χ2v) is 3.39. The van der Waals surface area contributed by atoms with Crippen LogP contribution in [-0.2, 0) is 0 Å². The topological polar surface area (TPSA) is 20.2 Å². The summed E-state index contributed by atoms with van der Waals surface area (Å²) in [5, 5.41) is 9.37. The Bertz CT molecular complexity index is 136. The van der Waals surface area contributed by atoms with Crippen LogP contribution in [0.15, 0.2) is 11.6 Å². The van der Waals surface area contributed by atoms with Gasteiger partial charge < -0.3 is 5.11 Å². The number of rotatable bonds is 1. The third-order valence-electron chi connectivity index (χ3n) is 1.92. The van der Waals surface area contributed by atoms with Crippen LogP contribution in [0, 0.1) is 5.92 Å². The lowest BCUT2D eigenvalue weighted by Gasteiger charge is -2.04. The molecular formula is C9H16O. The van der Waals surface area contributed by atoms with Crippen molar-refractivity contribution in [1.82, 2.24) is 0 Å². The second kappa shape index (κ2) is 3.20. The molecule has 1 aliphatic rings. The Morgan fingerprint density at radius 2 is 2.30 bits per heavy atom. The molecule has 0 amide bonds. The minimum atomic E-state index is -0.123. The molecule has 58 valence electrons. The van der Waals surface area contributed by atoms with E-state index in [1.165, 1.54) is 12.0 Å². The van der Waals surface area contributed by atoms with Crippen LogP contribution in [-0.4, -0.2) is 11.2 Å². The summed E-state index contributed by atoms with van der Waals surface area (Å²) in [6.45, 7) is 4.30. The molecule has 0 aromatic rings. The molecule has 1 saturated carbocycles. The normalized spacial score (nSPS) is 30.4. The standard InChI is InChI=1S/C9H16O/c1-7(2)6-8-4-3-5-9(8)10/h6-7,9-10H,3-5H2,1-2H3/b8-6-. The Morgan fingerprint density at radius 3 is 2.70 bits per heavy atom. The first kappa shape index (κ1) is 7.80. The minimum Gasteiger partial charge on any atom is -0.389 e. The van der Waals surface area contributed by atoms with Crippen LogP contribution < -0.4 is 0 Å². The molecule has 10 heavy (non-hydrogen) atoms. The van der Waals surface area contributed by atoms with Gasteiger partial charge in [-0.15, -0.1) is 0 Å². The fourth-order valence-electron chi connectivity index (χ4n) is 1.47. The van der Waals surface area contributed by atoms with Crippen LogP contribution in [0.4, 0.5) is 0 Å². The summed E-state index contributed by atoms with van der Waals surface area (Å²) in [5.74, 6) is 0.586. The van der Waals surface area contributed by atoms with Gasteiger partial charge in [0.15, 0.2) is 0 Å². The number of hydrogen-bond acceptors (Lipinski definition) is 1. The number of allylic oxidation sites excluding steroid dienone is 1. The third kappa shape index (κ3) is 1.84. The van der Waals surface area contributed by atoms with Gasteiger partial charge in [-0.1, -0.05) is 19.9 Å². The van der Waals surface area contributed by atoms with Gasteiger partial charge in [-0.3, -0.25) is 0 Å². The van der Waals surface area contributed by atoms with Crippen molar-refractivity contribution in [2.45, 2.75) is 39.2 Å². The van der Waals surface area contributed by atoms with Gasteiger partial charge in [-0.25, -0.2) is 0 Å². The molecule has 0 bridgehead atoms. The molecule has 1 fully saturated rings. The predicted octanol–water partition coefficient (Wildman–Crippen LogP) is 2.11. The first-order valence-electron chi connectivity index (χ1n) is 4.09. The summed E-state index contributed by atoms with van der Waals surface area (Å²) < 4.78 is 0. The predicted molar refractivity (Wildman–Crippen MR) is 42.8 cm³/mol. The van der Waals surface area contributed by atoms with E-state index in [4.69, 9.17) is 0 Å². The van der Waals surface area contributed by atoms with Crippen molar-refractivity contribution in [1.29, 1.82) is 0 Å². The third-order valence-corrected chi connectivity index (χ3v) is 1.92. The number of hydrogen-bond donors (Lipinski definition) is 1. The summed E-state index contributed by atoms with van der Waals surface area (Å²) in [4.78, 5) is 0. The molecule has 0 aliphatic heterocycles. The van der Waals surface area contributed by atoms with Crippen molar-refractivity contribution in [3.8, 4) is 0 Å². The van der Waals surface area contributed by atoms with Crippen LogP contribution in [0.3, 0.4) is 0 Å². The smallest absolute Gasteiger partial charge is 0.0750 e. The summed E-state index contributed by atoms with van der Waals surface area (Å²) in [6, 6.07) is 0. The average Bonchev–Trinajstić information content (AvgIpc) is 2.15. The highest BCUT2D eigenvalue weighted by Crippen LogP contribution is 2.25. The lowest BCUT2D eigenvalue weighted by atomic mass is 10.1.